The van der Waals surface area contributed by atoms with E-state index in [9.17, 15) is 0 Å². The Hall–Kier alpha value is -0.360. The minimum absolute atomic E-state index is 0.0984. The van der Waals surface area contributed by atoms with E-state index in [-0.39, 0.29) is 6.10 Å². The fraction of sp³-hybridized carbons (Fsp3) is 0.167. The molecule has 2 nitrogen and oxygen atoms in total. The third-order valence-electron chi connectivity index (χ3n) is 2.29. The van der Waals surface area contributed by atoms with E-state index >= 15 is 0 Å². The van der Waals surface area contributed by atoms with Crippen molar-refractivity contribution in [2.45, 2.75) is 6.10 Å². The van der Waals surface area contributed by atoms with Crippen LogP contribution in [0.2, 0.25) is 0 Å². The SMILES string of the molecule is NCC(Oc1ccc(Br)cc1Br)c1ccsc1. The van der Waals surface area contributed by atoms with Crippen molar-refractivity contribution in [3.63, 3.8) is 0 Å². The van der Waals surface area contributed by atoms with Gasteiger partial charge in [-0.05, 0) is 51.0 Å². The fourth-order valence-corrected chi connectivity index (χ4v) is 3.28. The van der Waals surface area contributed by atoms with Crippen LogP contribution in [0.3, 0.4) is 0 Å². The molecule has 1 heterocycles. The molecule has 1 unspecified atom stereocenters. The van der Waals surface area contributed by atoms with Crippen LogP contribution in [0.25, 0.3) is 0 Å². The number of hydrogen-bond acceptors (Lipinski definition) is 3. The summed E-state index contributed by atoms with van der Waals surface area (Å²) < 4.78 is 7.84. The van der Waals surface area contributed by atoms with Crippen LogP contribution in [0.15, 0.2) is 44.0 Å². The second-order valence-electron chi connectivity index (χ2n) is 3.47. The van der Waals surface area contributed by atoms with Crippen molar-refractivity contribution in [2.24, 2.45) is 5.73 Å². The smallest absolute Gasteiger partial charge is 0.137 e. The van der Waals surface area contributed by atoms with Crippen molar-refractivity contribution in [1.29, 1.82) is 0 Å². The van der Waals surface area contributed by atoms with Crippen molar-refractivity contribution in [2.75, 3.05) is 6.54 Å². The summed E-state index contributed by atoms with van der Waals surface area (Å²) in [6.07, 6.45) is -0.0984. The lowest BCUT2D eigenvalue weighted by molar-refractivity contribution is 0.213. The zero-order chi connectivity index (χ0) is 12.3. The summed E-state index contributed by atoms with van der Waals surface area (Å²) in [6, 6.07) is 7.86. The predicted molar refractivity (Wildman–Crippen MR) is 78.6 cm³/mol. The van der Waals surface area contributed by atoms with Crippen LogP contribution in [0.5, 0.6) is 5.75 Å². The second-order valence-corrected chi connectivity index (χ2v) is 6.02. The largest absolute Gasteiger partial charge is 0.483 e. The van der Waals surface area contributed by atoms with E-state index in [2.05, 4.69) is 37.2 Å². The third kappa shape index (κ3) is 3.31. The van der Waals surface area contributed by atoms with Crippen LogP contribution in [0.4, 0.5) is 0 Å². The average Bonchev–Trinajstić information content (AvgIpc) is 2.81. The zero-order valence-electron chi connectivity index (χ0n) is 8.90. The molecular formula is C12H11Br2NOS. The van der Waals surface area contributed by atoms with E-state index in [1.165, 1.54) is 0 Å². The summed E-state index contributed by atoms with van der Waals surface area (Å²) in [5, 5.41) is 4.09. The standard InChI is InChI=1S/C12H11Br2NOS/c13-9-1-2-11(10(14)5-9)16-12(6-15)8-3-4-17-7-8/h1-5,7,12H,6,15H2. The lowest BCUT2D eigenvalue weighted by Crippen LogP contribution is -2.18. The van der Waals surface area contributed by atoms with Crippen molar-refractivity contribution in [3.05, 3.63) is 49.5 Å². The van der Waals surface area contributed by atoms with Crippen LogP contribution >= 0.6 is 43.2 Å². The maximum absolute atomic E-state index is 5.91. The number of rotatable bonds is 4. The molecule has 0 fully saturated rings. The average molecular weight is 377 g/mol. The molecule has 0 amide bonds. The number of hydrogen-bond donors (Lipinski definition) is 1. The maximum Gasteiger partial charge on any atom is 0.137 e. The van der Waals surface area contributed by atoms with Crippen molar-refractivity contribution >= 4 is 43.2 Å². The molecule has 0 saturated carbocycles. The highest BCUT2D eigenvalue weighted by atomic mass is 79.9. The van der Waals surface area contributed by atoms with Crippen molar-refractivity contribution < 1.29 is 4.74 Å². The van der Waals surface area contributed by atoms with E-state index < -0.39 is 0 Å². The first kappa shape index (κ1) is 13.1. The van der Waals surface area contributed by atoms with E-state index in [0.29, 0.717) is 6.54 Å². The Morgan fingerprint density at radius 3 is 2.71 bits per heavy atom. The highest BCUT2D eigenvalue weighted by Gasteiger charge is 2.13. The number of halogens is 2. The first-order valence-corrected chi connectivity index (χ1v) is 7.57. The highest BCUT2D eigenvalue weighted by Crippen LogP contribution is 2.31. The van der Waals surface area contributed by atoms with Crippen LogP contribution < -0.4 is 10.5 Å². The molecule has 1 aromatic heterocycles. The van der Waals surface area contributed by atoms with Crippen LogP contribution in [-0.4, -0.2) is 6.54 Å². The van der Waals surface area contributed by atoms with Gasteiger partial charge in [0.1, 0.15) is 11.9 Å². The van der Waals surface area contributed by atoms with Crippen molar-refractivity contribution in [3.8, 4) is 5.75 Å². The molecule has 2 aromatic rings. The minimum Gasteiger partial charge on any atom is -0.483 e. The Balaban J connectivity index is 2.19. The molecule has 2 N–H and O–H groups in total. The lowest BCUT2D eigenvalue weighted by atomic mass is 10.2. The Morgan fingerprint density at radius 1 is 1.29 bits per heavy atom. The Morgan fingerprint density at radius 2 is 2.12 bits per heavy atom. The van der Waals surface area contributed by atoms with Crippen LogP contribution in [0, 0.1) is 0 Å². The Bertz CT molecular complexity index is 487. The molecule has 90 valence electrons. The third-order valence-corrected chi connectivity index (χ3v) is 4.11. The molecule has 0 bridgehead atoms. The second kappa shape index (κ2) is 6.00. The van der Waals surface area contributed by atoms with Gasteiger partial charge in [-0.15, -0.1) is 0 Å². The molecule has 17 heavy (non-hydrogen) atoms. The van der Waals surface area contributed by atoms with E-state index in [4.69, 9.17) is 10.5 Å². The van der Waals surface area contributed by atoms with E-state index in [0.717, 1.165) is 20.3 Å². The molecule has 0 aliphatic rings. The van der Waals surface area contributed by atoms with Gasteiger partial charge in [0.15, 0.2) is 0 Å². The minimum atomic E-state index is -0.0984. The van der Waals surface area contributed by atoms with E-state index in [1.807, 2.05) is 29.6 Å². The molecule has 1 aromatic carbocycles. The van der Waals surface area contributed by atoms with Gasteiger partial charge in [-0.1, -0.05) is 15.9 Å². The van der Waals surface area contributed by atoms with Gasteiger partial charge in [-0.2, -0.15) is 11.3 Å². The molecule has 0 radical (unpaired) electrons. The predicted octanol–water partition coefficient (Wildman–Crippen LogP) is 4.35. The first-order valence-electron chi connectivity index (χ1n) is 5.04. The first-order chi connectivity index (χ1) is 8.20. The fourth-order valence-electron chi connectivity index (χ4n) is 1.43. The van der Waals surface area contributed by atoms with Crippen molar-refractivity contribution in [1.82, 2.24) is 0 Å². The molecule has 1 atom stereocenters. The summed E-state index contributed by atoms with van der Waals surface area (Å²) in [7, 11) is 0. The molecule has 0 spiro atoms. The molecular weight excluding hydrogens is 366 g/mol. The summed E-state index contributed by atoms with van der Waals surface area (Å²) in [4.78, 5) is 0. The van der Waals surface area contributed by atoms with Gasteiger partial charge in [0, 0.05) is 16.6 Å². The Labute approximate surface area is 121 Å². The lowest BCUT2D eigenvalue weighted by Gasteiger charge is -2.17. The Kier molecular flexibility index (Phi) is 4.62. The summed E-state index contributed by atoms with van der Waals surface area (Å²) >= 11 is 8.53. The van der Waals surface area contributed by atoms with Gasteiger partial charge < -0.3 is 10.5 Å². The molecule has 2 rings (SSSR count). The molecule has 0 aliphatic carbocycles. The maximum atomic E-state index is 5.91. The number of nitrogens with two attached hydrogens (primary N) is 1. The number of ether oxygens (including phenoxy) is 1. The molecule has 0 aliphatic heterocycles. The quantitative estimate of drug-likeness (QED) is 0.860. The van der Waals surface area contributed by atoms with Gasteiger partial charge in [0.25, 0.3) is 0 Å². The van der Waals surface area contributed by atoms with Crippen LogP contribution in [0.1, 0.15) is 11.7 Å². The highest BCUT2D eigenvalue weighted by molar-refractivity contribution is 9.11. The van der Waals surface area contributed by atoms with Crippen LogP contribution in [-0.2, 0) is 0 Å². The van der Waals surface area contributed by atoms with Gasteiger partial charge in [-0.3, -0.25) is 0 Å². The van der Waals surface area contributed by atoms with Gasteiger partial charge in [0.05, 0.1) is 4.47 Å². The normalized spacial score (nSPS) is 12.4. The van der Waals surface area contributed by atoms with Gasteiger partial charge >= 0.3 is 0 Å². The van der Waals surface area contributed by atoms with Gasteiger partial charge in [-0.25, -0.2) is 0 Å². The molecule has 5 heteroatoms. The van der Waals surface area contributed by atoms with Gasteiger partial charge in [0.2, 0.25) is 0 Å². The number of thiophene rings is 1. The summed E-state index contributed by atoms with van der Waals surface area (Å²) in [5.74, 6) is 0.801. The monoisotopic (exact) mass is 375 g/mol. The van der Waals surface area contributed by atoms with E-state index in [1.54, 1.807) is 11.3 Å². The number of benzene rings is 1. The zero-order valence-corrected chi connectivity index (χ0v) is 12.9. The summed E-state index contributed by atoms with van der Waals surface area (Å²) in [6.45, 7) is 0.458. The molecule has 0 saturated heterocycles. The topological polar surface area (TPSA) is 35.2 Å². The summed E-state index contributed by atoms with van der Waals surface area (Å²) in [5.41, 5.74) is 6.86.